The van der Waals surface area contributed by atoms with E-state index in [9.17, 15) is 10.2 Å². The van der Waals surface area contributed by atoms with Crippen molar-refractivity contribution in [1.82, 2.24) is 44.6 Å². The summed E-state index contributed by atoms with van der Waals surface area (Å²) in [6, 6.07) is 21.3. The molecule has 0 saturated carbocycles. The molecule has 3 aliphatic rings. The Bertz CT molecular complexity index is 1790. The average Bonchev–Trinajstić information content (AvgIpc) is 3.97. The number of nitrogens with one attached hydrogen (secondary N) is 1. The van der Waals surface area contributed by atoms with Crippen LogP contribution in [0.4, 0.5) is 11.8 Å². The molecule has 3 N–H and O–H groups in total. The highest BCUT2D eigenvalue weighted by atomic mass is 16.6. The molecular formula is C34H41N11O3. The van der Waals surface area contributed by atoms with Crippen molar-refractivity contribution in [2.45, 2.75) is 69.2 Å². The molecule has 14 heteroatoms. The van der Waals surface area contributed by atoms with Gasteiger partial charge in [0.15, 0.2) is 29.3 Å². The molecule has 2 aromatic carbocycles. The van der Waals surface area contributed by atoms with Crippen molar-refractivity contribution in [3.8, 4) is 0 Å². The van der Waals surface area contributed by atoms with E-state index in [1.54, 1.807) is 10.9 Å². The number of benzene rings is 2. The summed E-state index contributed by atoms with van der Waals surface area (Å²) in [7, 11) is 0. The summed E-state index contributed by atoms with van der Waals surface area (Å²) in [5.41, 5.74) is 3.44. The number of imidazole rings is 1. The number of aryl methyl sites for hydroxylation is 1. The van der Waals surface area contributed by atoms with Crippen molar-refractivity contribution in [3.05, 3.63) is 83.9 Å². The zero-order valence-corrected chi connectivity index (χ0v) is 27.0. The van der Waals surface area contributed by atoms with Gasteiger partial charge in [0.05, 0.1) is 12.9 Å². The number of aromatic nitrogens is 8. The predicted molar refractivity (Wildman–Crippen MR) is 178 cm³/mol. The largest absolute Gasteiger partial charge is 0.387 e. The van der Waals surface area contributed by atoms with Gasteiger partial charge in [0, 0.05) is 31.6 Å². The molecule has 0 unspecified atom stereocenters. The number of hydrogen-bond donors (Lipinski definition) is 3. The van der Waals surface area contributed by atoms with Crippen molar-refractivity contribution >= 4 is 22.9 Å². The van der Waals surface area contributed by atoms with E-state index in [-0.39, 0.29) is 11.7 Å². The number of aliphatic hydroxyl groups excluding tert-OH is 2. The summed E-state index contributed by atoms with van der Waals surface area (Å²) in [5, 5.41) is 38.3. The van der Waals surface area contributed by atoms with E-state index in [2.05, 4.69) is 79.1 Å². The maximum absolute atomic E-state index is 11.2. The normalized spacial score (nSPS) is 24.8. The van der Waals surface area contributed by atoms with Gasteiger partial charge in [-0.3, -0.25) is 9.47 Å². The predicted octanol–water partition coefficient (Wildman–Crippen LogP) is 2.74. The lowest BCUT2D eigenvalue weighted by Crippen LogP contribution is -2.35. The second-order valence-electron chi connectivity index (χ2n) is 12.8. The number of likely N-dealkylation sites (tertiary alicyclic amines) is 1. The molecule has 3 aromatic heterocycles. The first-order valence-corrected chi connectivity index (χ1v) is 16.9. The lowest BCUT2D eigenvalue weighted by Gasteiger charge is -2.24. The van der Waals surface area contributed by atoms with Crippen molar-refractivity contribution in [2.75, 3.05) is 42.9 Å². The molecule has 0 spiro atoms. The van der Waals surface area contributed by atoms with Gasteiger partial charge in [-0.2, -0.15) is 14.8 Å². The first-order valence-electron chi connectivity index (χ1n) is 16.9. The minimum Gasteiger partial charge on any atom is -0.387 e. The van der Waals surface area contributed by atoms with Gasteiger partial charge in [0.25, 0.3) is 0 Å². The van der Waals surface area contributed by atoms with Gasteiger partial charge >= 0.3 is 0 Å². The van der Waals surface area contributed by atoms with Gasteiger partial charge in [-0.25, -0.2) is 4.98 Å². The summed E-state index contributed by atoms with van der Waals surface area (Å²) < 4.78 is 7.91. The Hall–Kier alpha value is -4.50. The van der Waals surface area contributed by atoms with E-state index >= 15 is 0 Å². The third-order valence-electron chi connectivity index (χ3n) is 9.91. The Morgan fingerprint density at radius 3 is 2.35 bits per heavy atom. The van der Waals surface area contributed by atoms with Gasteiger partial charge in [-0.15, -0.1) is 10.2 Å². The zero-order valence-electron chi connectivity index (χ0n) is 27.0. The highest BCUT2D eigenvalue weighted by Crippen LogP contribution is 2.39. The Morgan fingerprint density at radius 2 is 1.67 bits per heavy atom. The summed E-state index contributed by atoms with van der Waals surface area (Å²) in [4.78, 5) is 21.1. The molecule has 3 fully saturated rings. The van der Waals surface area contributed by atoms with Gasteiger partial charge in [0.1, 0.15) is 12.2 Å². The maximum atomic E-state index is 11.2. The fourth-order valence-corrected chi connectivity index (χ4v) is 7.29. The number of rotatable bonds is 10. The van der Waals surface area contributed by atoms with Gasteiger partial charge in [0.2, 0.25) is 11.8 Å². The van der Waals surface area contributed by atoms with E-state index in [1.165, 1.54) is 28.8 Å². The maximum Gasteiger partial charge on any atom is 0.229 e. The number of tetrazole rings is 1. The van der Waals surface area contributed by atoms with Crippen molar-refractivity contribution < 1.29 is 14.9 Å². The Labute approximate surface area is 278 Å². The number of anilines is 2. The molecule has 3 saturated heterocycles. The SMILES string of the molecule is CCn1nnc([C@H]2O[C@@H](n3cnc4c(NCC(c5ccccc5)c5ccccc5)nc(N5CC[C@@H](N6CCCC6)C5)nc43)[C@H](O)[C@@H]2O)n1. The Kier molecular flexibility index (Phi) is 8.46. The minimum atomic E-state index is -1.28. The van der Waals surface area contributed by atoms with Crippen LogP contribution in [0.2, 0.25) is 0 Å². The van der Waals surface area contributed by atoms with Crippen molar-refractivity contribution in [2.24, 2.45) is 0 Å². The summed E-state index contributed by atoms with van der Waals surface area (Å²) in [6.45, 7) is 6.96. The summed E-state index contributed by atoms with van der Waals surface area (Å²) >= 11 is 0. The number of fused-ring (bicyclic) bond motifs is 1. The van der Waals surface area contributed by atoms with Crippen LogP contribution in [0.15, 0.2) is 67.0 Å². The zero-order chi connectivity index (χ0) is 32.6. The first kappa shape index (κ1) is 30.8. The molecule has 0 radical (unpaired) electrons. The average molecular weight is 652 g/mol. The van der Waals surface area contributed by atoms with Crippen LogP contribution in [0, 0.1) is 0 Å². The quantitative estimate of drug-likeness (QED) is 0.203. The van der Waals surface area contributed by atoms with E-state index in [0.29, 0.717) is 42.1 Å². The standard InChI is InChI=1S/C34H41N11O3/c1-2-45-40-31(39-41-45)29-27(46)28(47)33(48-29)44-21-36-26-30(35-19-25(22-11-5-3-6-12-22)23-13-7-4-8-14-23)37-34(38-32(26)44)43-18-15-24(20-43)42-16-9-10-17-42/h3-8,11-14,21,24-25,27-29,33,46-47H,2,9-10,15-20H2,1H3,(H,35,37,38)/t24-,27+,28-,29+,33-/m1/s1. The highest BCUT2D eigenvalue weighted by molar-refractivity contribution is 5.84. The fraction of sp³-hybridized carbons (Fsp3) is 0.471. The third kappa shape index (κ3) is 5.78. The molecule has 14 nitrogen and oxygen atoms in total. The molecule has 5 atom stereocenters. The molecule has 0 amide bonds. The van der Waals surface area contributed by atoms with Gasteiger partial charge in [-0.1, -0.05) is 60.7 Å². The highest BCUT2D eigenvalue weighted by Gasteiger charge is 2.47. The third-order valence-corrected chi connectivity index (χ3v) is 9.91. The number of nitrogens with zero attached hydrogens (tertiary/aromatic N) is 10. The van der Waals surface area contributed by atoms with Crippen molar-refractivity contribution in [3.63, 3.8) is 0 Å². The molecule has 5 aromatic rings. The molecule has 8 rings (SSSR count). The van der Waals surface area contributed by atoms with Crippen molar-refractivity contribution in [1.29, 1.82) is 0 Å². The lowest BCUT2D eigenvalue weighted by atomic mass is 9.91. The van der Waals surface area contributed by atoms with E-state index in [0.717, 1.165) is 32.6 Å². The Morgan fingerprint density at radius 1 is 0.938 bits per heavy atom. The number of hydrogen-bond acceptors (Lipinski definition) is 12. The smallest absolute Gasteiger partial charge is 0.229 e. The van der Waals surface area contributed by atoms with Crippen LogP contribution < -0.4 is 10.2 Å². The second-order valence-corrected chi connectivity index (χ2v) is 12.8. The van der Waals surface area contributed by atoms with Crippen LogP contribution in [0.1, 0.15) is 61.4 Å². The number of ether oxygens (including phenoxy) is 1. The van der Waals surface area contributed by atoms with Crippen LogP contribution in [0.3, 0.4) is 0 Å². The lowest BCUT2D eigenvalue weighted by molar-refractivity contribution is -0.0384. The number of aliphatic hydroxyl groups is 2. The molecular weight excluding hydrogens is 610 g/mol. The Balaban J connectivity index is 1.14. The first-order chi connectivity index (χ1) is 23.6. The molecule has 0 aliphatic carbocycles. The molecule has 6 heterocycles. The van der Waals surface area contributed by atoms with Crippen LogP contribution in [-0.2, 0) is 11.3 Å². The molecule has 250 valence electrons. The summed E-state index contributed by atoms with van der Waals surface area (Å²) in [6.07, 6.45) is 0.665. The monoisotopic (exact) mass is 651 g/mol. The van der Waals surface area contributed by atoms with Crippen LogP contribution in [-0.4, -0.2) is 106 Å². The van der Waals surface area contributed by atoms with Gasteiger partial charge < -0.3 is 25.2 Å². The second kappa shape index (κ2) is 13.2. The molecule has 3 aliphatic heterocycles. The van der Waals surface area contributed by atoms with Gasteiger partial charge in [-0.05, 0) is 55.6 Å². The van der Waals surface area contributed by atoms with Crippen LogP contribution in [0.25, 0.3) is 11.2 Å². The van der Waals surface area contributed by atoms with E-state index in [4.69, 9.17) is 19.7 Å². The van der Waals surface area contributed by atoms with E-state index in [1.807, 2.05) is 19.1 Å². The summed E-state index contributed by atoms with van der Waals surface area (Å²) in [5.74, 6) is 1.48. The molecule has 0 bridgehead atoms. The fourth-order valence-electron chi connectivity index (χ4n) is 7.29. The van der Waals surface area contributed by atoms with Crippen LogP contribution in [0.5, 0.6) is 0 Å². The van der Waals surface area contributed by atoms with E-state index < -0.39 is 24.5 Å². The minimum absolute atomic E-state index is 0.0641. The topological polar surface area (TPSA) is 155 Å². The molecule has 48 heavy (non-hydrogen) atoms. The van der Waals surface area contributed by atoms with Crippen LogP contribution >= 0.6 is 0 Å².